The monoisotopic (exact) mass is 447 g/mol. The molecule has 9 nitrogen and oxygen atoms in total. The number of H-pyrrole nitrogens is 1. The number of halogens is 1. The van der Waals surface area contributed by atoms with Gasteiger partial charge in [0.1, 0.15) is 5.56 Å². The van der Waals surface area contributed by atoms with Crippen molar-refractivity contribution in [3.63, 3.8) is 0 Å². The molecule has 2 heterocycles. The SMILES string of the molecule is CCC(=NCCN1CCN(C(C)=O)CC1)c1c(O)n(-c2ccc(Cl)cc2)c(=O)[nH]c1=O. The van der Waals surface area contributed by atoms with Crippen molar-refractivity contribution in [3.05, 3.63) is 55.7 Å². The first-order chi connectivity index (χ1) is 14.8. The molecule has 0 aliphatic carbocycles. The summed E-state index contributed by atoms with van der Waals surface area (Å²) in [6.07, 6.45) is 0.410. The van der Waals surface area contributed by atoms with Crippen LogP contribution in [0.15, 0.2) is 38.8 Å². The van der Waals surface area contributed by atoms with Gasteiger partial charge >= 0.3 is 5.69 Å². The summed E-state index contributed by atoms with van der Waals surface area (Å²) in [5, 5.41) is 11.3. The minimum absolute atomic E-state index is 0.0153. The second-order valence-corrected chi connectivity index (χ2v) is 7.74. The van der Waals surface area contributed by atoms with E-state index in [2.05, 4.69) is 14.9 Å². The first-order valence-electron chi connectivity index (χ1n) is 10.2. The Labute approximate surface area is 184 Å². The van der Waals surface area contributed by atoms with E-state index in [-0.39, 0.29) is 11.5 Å². The maximum atomic E-state index is 12.5. The van der Waals surface area contributed by atoms with Gasteiger partial charge in [0.2, 0.25) is 11.8 Å². The van der Waals surface area contributed by atoms with Crippen molar-refractivity contribution in [2.75, 3.05) is 39.3 Å². The number of rotatable bonds is 6. The van der Waals surface area contributed by atoms with Crippen molar-refractivity contribution in [1.29, 1.82) is 0 Å². The molecule has 0 atom stereocenters. The zero-order valence-corrected chi connectivity index (χ0v) is 18.4. The molecule has 166 valence electrons. The number of aliphatic imine (C=N–C) groups is 1. The molecule has 0 saturated carbocycles. The van der Waals surface area contributed by atoms with Crippen LogP contribution >= 0.6 is 11.6 Å². The first-order valence-corrected chi connectivity index (χ1v) is 10.6. The number of nitrogens with zero attached hydrogens (tertiary/aromatic N) is 4. The number of amides is 1. The summed E-state index contributed by atoms with van der Waals surface area (Å²) in [5.74, 6) is -0.372. The third-order valence-corrected chi connectivity index (χ3v) is 5.58. The molecule has 1 amide bonds. The first kappa shape index (κ1) is 22.8. The van der Waals surface area contributed by atoms with E-state index in [4.69, 9.17) is 11.6 Å². The largest absolute Gasteiger partial charge is 0.493 e. The van der Waals surface area contributed by atoms with Crippen molar-refractivity contribution >= 4 is 23.2 Å². The van der Waals surface area contributed by atoms with E-state index in [0.717, 1.165) is 17.7 Å². The zero-order chi connectivity index (χ0) is 22.5. The van der Waals surface area contributed by atoms with Crippen molar-refractivity contribution in [2.45, 2.75) is 20.3 Å². The average Bonchev–Trinajstić information content (AvgIpc) is 2.74. The highest BCUT2D eigenvalue weighted by molar-refractivity contribution is 6.30. The Balaban J connectivity index is 1.82. The lowest BCUT2D eigenvalue weighted by molar-refractivity contribution is -0.130. The number of hydrogen-bond donors (Lipinski definition) is 2. The van der Waals surface area contributed by atoms with E-state index in [1.54, 1.807) is 31.2 Å². The Morgan fingerprint density at radius 1 is 1.16 bits per heavy atom. The zero-order valence-electron chi connectivity index (χ0n) is 17.6. The summed E-state index contributed by atoms with van der Waals surface area (Å²) >= 11 is 5.90. The molecule has 31 heavy (non-hydrogen) atoms. The summed E-state index contributed by atoms with van der Waals surface area (Å²) in [5.41, 5.74) is -0.638. The Bertz CT molecular complexity index is 1080. The fraction of sp³-hybridized carbons (Fsp3) is 0.429. The molecule has 1 aliphatic heterocycles. The van der Waals surface area contributed by atoms with E-state index in [0.29, 0.717) is 49.0 Å². The highest BCUT2D eigenvalue weighted by atomic mass is 35.5. The third kappa shape index (κ3) is 5.23. The van der Waals surface area contributed by atoms with Gasteiger partial charge in [-0.25, -0.2) is 9.36 Å². The van der Waals surface area contributed by atoms with Crippen LogP contribution < -0.4 is 11.2 Å². The molecule has 1 aromatic heterocycles. The lowest BCUT2D eigenvalue weighted by Crippen LogP contribution is -2.48. The maximum Gasteiger partial charge on any atom is 0.335 e. The normalized spacial score (nSPS) is 15.3. The van der Waals surface area contributed by atoms with Crippen molar-refractivity contribution < 1.29 is 9.90 Å². The molecule has 0 bridgehead atoms. The number of benzene rings is 1. The number of aromatic hydroxyl groups is 1. The number of aromatic nitrogens is 2. The summed E-state index contributed by atoms with van der Waals surface area (Å²) in [7, 11) is 0. The molecule has 3 rings (SSSR count). The predicted molar refractivity (Wildman–Crippen MR) is 120 cm³/mol. The molecular formula is C21H26ClN5O4. The molecule has 1 fully saturated rings. The summed E-state index contributed by atoms with van der Waals surface area (Å²) in [6.45, 7) is 7.42. The molecule has 2 N–H and O–H groups in total. The Morgan fingerprint density at radius 2 is 1.81 bits per heavy atom. The summed E-state index contributed by atoms with van der Waals surface area (Å²) in [6, 6.07) is 6.34. The van der Waals surface area contributed by atoms with Crippen molar-refractivity contribution in [2.24, 2.45) is 4.99 Å². The maximum absolute atomic E-state index is 12.5. The minimum atomic E-state index is -0.743. The number of carbonyl (C=O) groups excluding carboxylic acids is 1. The summed E-state index contributed by atoms with van der Waals surface area (Å²) in [4.78, 5) is 47.1. The van der Waals surface area contributed by atoms with E-state index in [1.807, 2.05) is 11.8 Å². The quantitative estimate of drug-likeness (QED) is 0.647. The number of hydrogen-bond acceptors (Lipinski definition) is 6. The lowest BCUT2D eigenvalue weighted by atomic mass is 10.1. The Kier molecular flexibility index (Phi) is 7.29. The third-order valence-electron chi connectivity index (χ3n) is 5.33. The topological polar surface area (TPSA) is 111 Å². The fourth-order valence-electron chi connectivity index (χ4n) is 3.60. The van der Waals surface area contributed by atoms with Gasteiger partial charge in [0.05, 0.1) is 17.9 Å². The van der Waals surface area contributed by atoms with Crippen LogP contribution in [-0.2, 0) is 4.79 Å². The second kappa shape index (κ2) is 9.93. The van der Waals surface area contributed by atoms with Gasteiger partial charge in [-0.3, -0.25) is 24.5 Å². The van der Waals surface area contributed by atoms with Gasteiger partial charge in [0.25, 0.3) is 5.56 Å². The molecule has 0 unspecified atom stereocenters. The molecule has 10 heteroatoms. The van der Waals surface area contributed by atoms with Crippen molar-refractivity contribution in [1.82, 2.24) is 19.4 Å². The molecular weight excluding hydrogens is 422 g/mol. The van der Waals surface area contributed by atoms with Gasteiger partial charge < -0.3 is 10.0 Å². The fourth-order valence-corrected chi connectivity index (χ4v) is 3.72. The van der Waals surface area contributed by atoms with Crippen LogP contribution in [0.1, 0.15) is 25.8 Å². The van der Waals surface area contributed by atoms with E-state index < -0.39 is 17.1 Å². The van der Waals surface area contributed by atoms with Gasteiger partial charge in [-0.2, -0.15) is 0 Å². The van der Waals surface area contributed by atoms with Gasteiger partial charge in [-0.15, -0.1) is 0 Å². The Morgan fingerprint density at radius 3 is 2.39 bits per heavy atom. The van der Waals surface area contributed by atoms with E-state index in [9.17, 15) is 19.5 Å². The lowest BCUT2D eigenvalue weighted by Gasteiger charge is -2.33. The molecule has 0 radical (unpaired) electrons. The van der Waals surface area contributed by atoms with Crippen LogP contribution in [0, 0.1) is 0 Å². The molecule has 1 aliphatic rings. The molecule has 1 aromatic carbocycles. The predicted octanol–water partition coefficient (Wildman–Crippen LogP) is 1.25. The van der Waals surface area contributed by atoms with Crippen LogP contribution in [0.2, 0.25) is 5.02 Å². The van der Waals surface area contributed by atoms with E-state index in [1.165, 1.54) is 0 Å². The average molecular weight is 448 g/mol. The number of piperazine rings is 1. The Hall–Kier alpha value is -2.91. The van der Waals surface area contributed by atoms with Crippen LogP contribution in [0.5, 0.6) is 5.88 Å². The van der Waals surface area contributed by atoms with E-state index >= 15 is 0 Å². The van der Waals surface area contributed by atoms with Gasteiger partial charge in [0, 0.05) is 44.7 Å². The smallest absolute Gasteiger partial charge is 0.335 e. The molecule has 0 spiro atoms. The number of aromatic amines is 1. The minimum Gasteiger partial charge on any atom is -0.493 e. The van der Waals surface area contributed by atoms with Gasteiger partial charge in [-0.1, -0.05) is 18.5 Å². The van der Waals surface area contributed by atoms with Crippen LogP contribution in [0.25, 0.3) is 5.69 Å². The number of carbonyl (C=O) groups is 1. The standard InChI is InChI=1S/C21H26ClN5O4/c1-3-17(23-8-9-25-10-12-26(13-11-25)14(2)28)18-19(29)24-21(31)27(20(18)30)16-6-4-15(22)5-7-16/h4-7,30H,3,8-13H2,1-2H3,(H,24,29,31). The van der Waals surface area contributed by atoms with Gasteiger partial charge in [-0.05, 0) is 30.7 Å². The molecule has 2 aromatic rings. The highest BCUT2D eigenvalue weighted by Gasteiger charge is 2.20. The highest BCUT2D eigenvalue weighted by Crippen LogP contribution is 2.20. The number of nitrogens with one attached hydrogen (secondary N) is 1. The van der Waals surface area contributed by atoms with Gasteiger partial charge in [0.15, 0.2) is 0 Å². The van der Waals surface area contributed by atoms with Crippen LogP contribution in [0.3, 0.4) is 0 Å². The summed E-state index contributed by atoms with van der Waals surface area (Å²) < 4.78 is 1.03. The van der Waals surface area contributed by atoms with Crippen LogP contribution in [0.4, 0.5) is 0 Å². The molecule has 1 saturated heterocycles. The van der Waals surface area contributed by atoms with Crippen molar-refractivity contribution in [3.8, 4) is 11.6 Å². The second-order valence-electron chi connectivity index (χ2n) is 7.30. The van der Waals surface area contributed by atoms with Crippen LogP contribution in [-0.4, -0.2) is 75.3 Å².